The Morgan fingerprint density at radius 1 is 1.07 bits per heavy atom. The third-order valence-corrected chi connectivity index (χ3v) is 5.37. The van der Waals surface area contributed by atoms with Gasteiger partial charge in [-0.1, -0.05) is 42.5 Å². The third kappa shape index (κ3) is 3.45. The van der Waals surface area contributed by atoms with Gasteiger partial charge in [-0.05, 0) is 35.6 Å². The van der Waals surface area contributed by atoms with Crippen LogP contribution >= 0.6 is 0 Å². The van der Waals surface area contributed by atoms with Gasteiger partial charge in [-0.2, -0.15) is 0 Å². The zero-order chi connectivity index (χ0) is 18.8. The number of aryl methyl sites for hydroxylation is 1. The van der Waals surface area contributed by atoms with E-state index in [1.165, 1.54) is 15.8 Å². The number of carbonyl (C=O) groups excluding carboxylic acids is 1. The highest BCUT2D eigenvalue weighted by Gasteiger charge is 2.33. The molecule has 1 unspecified atom stereocenters. The van der Waals surface area contributed by atoms with Crippen molar-refractivity contribution in [1.29, 1.82) is 0 Å². The van der Waals surface area contributed by atoms with Crippen LogP contribution < -0.4 is 0 Å². The number of carboxylic acids is 1. The SMILES string of the molecule is O=C(O)C1Cc2ccccc2CN1C(=O)CCCc1c[nH]c2ccccc12. The van der Waals surface area contributed by atoms with E-state index in [0.29, 0.717) is 25.8 Å². The number of para-hydroxylation sites is 1. The number of amides is 1. The summed E-state index contributed by atoms with van der Waals surface area (Å²) in [7, 11) is 0. The molecule has 2 aromatic carbocycles. The Morgan fingerprint density at radius 3 is 2.63 bits per heavy atom. The monoisotopic (exact) mass is 362 g/mol. The first kappa shape index (κ1) is 17.3. The van der Waals surface area contributed by atoms with Crippen molar-refractivity contribution in [1.82, 2.24) is 9.88 Å². The Hall–Kier alpha value is -3.08. The lowest BCUT2D eigenvalue weighted by atomic mass is 9.93. The minimum Gasteiger partial charge on any atom is -0.480 e. The molecule has 27 heavy (non-hydrogen) atoms. The summed E-state index contributed by atoms with van der Waals surface area (Å²) in [4.78, 5) is 29.2. The van der Waals surface area contributed by atoms with Gasteiger partial charge in [-0.3, -0.25) is 4.79 Å². The van der Waals surface area contributed by atoms with Gasteiger partial charge in [0, 0.05) is 36.5 Å². The molecule has 1 aromatic heterocycles. The minimum atomic E-state index is -0.936. The van der Waals surface area contributed by atoms with E-state index in [0.717, 1.165) is 23.1 Å². The molecule has 138 valence electrons. The predicted octanol–water partition coefficient (Wildman–Crippen LogP) is 3.53. The zero-order valence-corrected chi connectivity index (χ0v) is 15.0. The number of hydrogen-bond donors (Lipinski definition) is 2. The van der Waals surface area contributed by atoms with E-state index < -0.39 is 12.0 Å². The van der Waals surface area contributed by atoms with Crippen molar-refractivity contribution < 1.29 is 14.7 Å². The molecule has 1 amide bonds. The topological polar surface area (TPSA) is 73.4 Å². The first-order valence-corrected chi connectivity index (χ1v) is 9.27. The van der Waals surface area contributed by atoms with Gasteiger partial charge in [-0.25, -0.2) is 4.79 Å². The van der Waals surface area contributed by atoms with Crippen LogP contribution in [0.2, 0.25) is 0 Å². The number of H-pyrrole nitrogens is 1. The summed E-state index contributed by atoms with van der Waals surface area (Å²) in [5, 5.41) is 10.8. The number of aliphatic carboxylic acids is 1. The van der Waals surface area contributed by atoms with Gasteiger partial charge in [0.1, 0.15) is 6.04 Å². The number of aromatic amines is 1. The maximum absolute atomic E-state index is 12.8. The highest BCUT2D eigenvalue weighted by molar-refractivity contribution is 5.85. The fourth-order valence-electron chi connectivity index (χ4n) is 3.92. The van der Waals surface area contributed by atoms with Gasteiger partial charge in [0.2, 0.25) is 5.91 Å². The van der Waals surface area contributed by atoms with Gasteiger partial charge in [0.15, 0.2) is 0 Å². The van der Waals surface area contributed by atoms with Crippen LogP contribution in [0.1, 0.15) is 29.5 Å². The summed E-state index contributed by atoms with van der Waals surface area (Å²) in [5.41, 5.74) is 4.35. The Morgan fingerprint density at radius 2 is 1.81 bits per heavy atom. The second-order valence-electron chi connectivity index (χ2n) is 7.06. The van der Waals surface area contributed by atoms with Crippen molar-refractivity contribution in [2.75, 3.05) is 0 Å². The average molecular weight is 362 g/mol. The molecule has 0 fully saturated rings. The number of fused-ring (bicyclic) bond motifs is 2. The van der Waals surface area contributed by atoms with Crippen LogP contribution in [0.5, 0.6) is 0 Å². The van der Waals surface area contributed by atoms with E-state index in [1.807, 2.05) is 48.7 Å². The molecule has 0 aliphatic carbocycles. The summed E-state index contributed by atoms with van der Waals surface area (Å²) < 4.78 is 0. The predicted molar refractivity (Wildman–Crippen MR) is 103 cm³/mol. The fourth-order valence-corrected chi connectivity index (χ4v) is 3.92. The molecule has 0 bridgehead atoms. The van der Waals surface area contributed by atoms with Gasteiger partial charge >= 0.3 is 5.97 Å². The maximum Gasteiger partial charge on any atom is 0.326 e. The molecule has 2 heterocycles. The quantitative estimate of drug-likeness (QED) is 0.729. The van der Waals surface area contributed by atoms with Crippen molar-refractivity contribution in [2.45, 2.75) is 38.3 Å². The number of carbonyl (C=O) groups is 2. The molecule has 1 aliphatic heterocycles. The molecule has 0 saturated carbocycles. The Kier molecular flexibility index (Phi) is 4.67. The van der Waals surface area contributed by atoms with E-state index >= 15 is 0 Å². The Balaban J connectivity index is 1.43. The second kappa shape index (κ2) is 7.27. The lowest BCUT2D eigenvalue weighted by Crippen LogP contribution is -2.48. The van der Waals surface area contributed by atoms with Crippen LogP contribution in [-0.4, -0.2) is 32.9 Å². The highest BCUT2D eigenvalue weighted by Crippen LogP contribution is 2.25. The molecule has 4 rings (SSSR count). The van der Waals surface area contributed by atoms with Crippen molar-refractivity contribution in [3.05, 3.63) is 71.4 Å². The number of hydrogen-bond acceptors (Lipinski definition) is 2. The summed E-state index contributed by atoms with van der Waals surface area (Å²) in [6, 6.07) is 15.1. The summed E-state index contributed by atoms with van der Waals surface area (Å²) in [5.74, 6) is -1.02. The molecule has 2 N–H and O–H groups in total. The van der Waals surface area contributed by atoms with Crippen LogP contribution in [0.3, 0.4) is 0 Å². The van der Waals surface area contributed by atoms with Crippen LogP contribution in [0, 0.1) is 0 Å². The van der Waals surface area contributed by atoms with Gasteiger partial charge in [-0.15, -0.1) is 0 Å². The van der Waals surface area contributed by atoms with E-state index in [4.69, 9.17) is 0 Å². The first-order valence-electron chi connectivity index (χ1n) is 9.27. The van der Waals surface area contributed by atoms with Crippen molar-refractivity contribution in [2.24, 2.45) is 0 Å². The van der Waals surface area contributed by atoms with Crippen LogP contribution in [0.4, 0.5) is 0 Å². The molecule has 5 nitrogen and oxygen atoms in total. The summed E-state index contributed by atoms with van der Waals surface area (Å²) in [6.07, 6.45) is 4.21. The third-order valence-electron chi connectivity index (χ3n) is 5.37. The molecule has 0 radical (unpaired) electrons. The van der Waals surface area contributed by atoms with E-state index in [-0.39, 0.29) is 5.91 Å². The average Bonchev–Trinajstić information content (AvgIpc) is 3.10. The van der Waals surface area contributed by atoms with Gasteiger partial charge in [0.25, 0.3) is 0 Å². The normalized spacial score (nSPS) is 16.3. The molecular formula is C22H22N2O3. The number of aromatic nitrogens is 1. The van der Waals surface area contributed by atoms with E-state index in [9.17, 15) is 14.7 Å². The first-order chi connectivity index (χ1) is 13.1. The molecular weight excluding hydrogens is 340 g/mol. The Bertz CT molecular complexity index is 992. The maximum atomic E-state index is 12.8. The number of carboxylic acid groups (broad SMARTS) is 1. The summed E-state index contributed by atoms with van der Waals surface area (Å²) >= 11 is 0. The smallest absolute Gasteiger partial charge is 0.326 e. The van der Waals surface area contributed by atoms with Crippen LogP contribution in [0.25, 0.3) is 10.9 Å². The zero-order valence-electron chi connectivity index (χ0n) is 15.0. The lowest BCUT2D eigenvalue weighted by Gasteiger charge is -2.34. The Labute approximate surface area is 157 Å². The van der Waals surface area contributed by atoms with E-state index in [2.05, 4.69) is 11.1 Å². The largest absolute Gasteiger partial charge is 0.480 e. The molecule has 0 spiro atoms. The lowest BCUT2D eigenvalue weighted by molar-refractivity contribution is -0.151. The van der Waals surface area contributed by atoms with Gasteiger partial charge < -0.3 is 15.0 Å². The number of rotatable bonds is 5. The molecule has 3 aromatic rings. The van der Waals surface area contributed by atoms with Gasteiger partial charge in [0.05, 0.1) is 0 Å². The van der Waals surface area contributed by atoms with Crippen molar-refractivity contribution in [3.8, 4) is 0 Å². The van der Waals surface area contributed by atoms with Crippen molar-refractivity contribution in [3.63, 3.8) is 0 Å². The van der Waals surface area contributed by atoms with Crippen LogP contribution in [0.15, 0.2) is 54.7 Å². The molecule has 1 aliphatic rings. The van der Waals surface area contributed by atoms with Crippen LogP contribution in [-0.2, 0) is 29.0 Å². The molecule has 1 atom stereocenters. The second-order valence-corrected chi connectivity index (χ2v) is 7.06. The number of benzene rings is 2. The number of nitrogens with zero attached hydrogens (tertiary/aromatic N) is 1. The van der Waals surface area contributed by atoms with Crippen molar-refractivity contribution >= 4 is 22.8 Å². The number of nitrogens with one attached hydrogen (secondary N) is 1. The highest BCUT2D eigenvalue weighted by atomic mass is 16.4. The molecule has 0 saturated heterocycles. The standard InChI is InChI=1S/C22H22N2O3/c25-21(11-5-8-16-13-23-19-10-4-3-9-18(16)19)24-14-17-7-2-1-6-15(17)12-20(24)22(26)27/h1-4,6-7,9-10,13,20,23H,5,8,11-12,14H2,(H,26,27). The van der Waals surface area contributed by atoms with E-state index in [1.54, 1.807) is 0 Å². The minimum absolute atomic E-state index is 0.0863. The fraction of sp³-hybridized carbons (Fsp3) is 0.273. The summed E-state index contributed by atoms with van der Waals surface area (Å²) in [6.45, 7) is 0.374. The molecule has 5 heteroatoms.